The highest BCUT2D eigenvalue weighted by molar-refractivity contribution is 6.42. The average Bonchev–Trinajstić information content (AvgIpc) is 2.92. The number of allylic oxidation sites excluding steroid dienone is 1. The van der Waals surface area contributed by atoms with E-state index in [0.717, 1.165) is 0 Å². The second-order valence-electron chi connectivity index (χ2n) is 4.88. The highest BCUT2D eigenvalue weighted by Crippen LogP contribution is 2.48. The number of nitrogens with two attached hydrogens (primary N) is 1. The number of benzene rings is 1. The smallest absolute Gasteiger partial charge is 0.420 e. The summed E-state index contributed by atoms with van der Waals surface area (Å²) in [5.74, 6) is -1.91. The molecule has 10 heteroatoms. The number of aromatic amines is 1. The molecule has 0 bridgehead atoms. The Hall–Kier alpha value is -2.37. The minimum atomic E-state index is -4.74. The molecule has 1 aromatic carbocycles. The maximum absolute atomic E-state index is 13.3. The van der Waals surface area contributed by atoms with Crippen LogP contribution in [0.15, 0.2) is 29.7 Å². The first-order valence-corrected chi connectivity index (χ1v) is 7.18. The monoisotopic (exact) mass is 374 g/mol. The molecule has 0 amide bonds. The molecule has 3 N–H and O–H groups in total. The van der Waals surface area contributed by atoms with Crippen molar-refractivity contribution in [1.29, 1.82) is 5.26 Å². The van der Waals surface area contributed by atoms with Crippen LogP contribution < -0.4 is 10.5 Å². The van der Waals surface area contributed by atoms with Gasteiger partial charge in [0.2, 0.25) is 11.8 Å². The molecular formula is C14H7Cl2F3N4O. The fourth-order valence-corrected chi connectivity index (χ4v) is 2.93. The van der Waals surface area contributed by atoms with Gasteiger partial charge in [0, 0.05) is 0 Å². The predicted octanol–water partition coefficient (Wildman–Crippen LogP) is 3.95. The summed E-state index contributed by atoms with van der Waals surface area (Å²) in [4.78, 5) is 0. The van der Waals surface area contributed by atoms with Crippen LogP contribution >= 0.6 is 23.2 Å². The summed E-state index contributed by atoms with van der Waals surface area (Å²) in [6.07, 6.45) is -4.74. The van der Waals surface area contributed by atoms with Crippen LogP contribution in [0.1, 0.15) is 22.7 Å². The van der Waals surface area contributed by atoms with Gasteiger partial charge in [0.25, 0.3) is 0 Å². The van der Waals surface area contributed by atoms with Gasteiger partial charge in [-0.05, 0) is 11.6 Å². The van der Waals surface area contributed by atoms with Crippen LogP contribution in [-0.2, 0) is 6.18 Å². The Morgan fingerprint density at radius 2 is 2.04 bits per heavy atom. The molecule has 0 saturated carbocycles. The lowest BCUT2D eigenvalue weighted by Gasteiger charge is -2.25. The molecule has 3 rings (SSSR count). The topological polar surface area (TPSA) is 87.7 Å². The molecule has 1 aromatic heterocycles. The fraction of sp³-hybridized carbons (Fsp3) is 0.143. The summed E-state index contributed by atoms with van der Waals surface area (Å²) >= 11 is 12.1. The Kier molecular flexibility index (Phi) is 3.86. The van der Waals surface area contributed by atoms with Crippen LogP contribution in [0.25, 0.3) is 0 Å². The van der Waals surface area contributed by atoms with Crippen molar-refractivity contribution < 1.29 is 17.9 Å². The molecule has 1 aliphatic rings. The Morgan fingerprint density at radius 3 is 2.67 bits per heavy atom. The third-order valence-electron chi connectivity index (χ3n) is 3.51. The molecule has 0 fully saturated rings. The molecule has 0 saturated heterocycles. The van der Waals surface area contributed by atoms with E-state index in [2.05, 4.69) is 5.10 Å². The van der Waals surface area contributed by atoms with E-state index in [1.54, 1.807) is 6.07 Å². The Balaban J connectivity index is 2.33. The number of nitriles is 1. The number of ether oxygens (including phenoxy) is 1. The lowest BCUT2D eigenvalue weighted by molar-refractivity contribution is -0.141. The normalized spacial score (nSPS) is 17.2. The Bertz CT molecular complexity index is 898. The van der Waals surface area contributed by atoms with Gasteiger partial charge in [-0.25, -0.2) is 0 Å². The van der Waals surface area contributed by atoms with Gasteiger partial charge in [0.15, 0.2) is 0 Å². The molecule has 0 radical (unpaired) electrons. The summed E-state index contributed by atoms with van der Waals surface area (Å²) in [7, 11) is 0. The fourth-order valence-electron chi connectivity index (χ4n) is 2.52. The first-order valence-electron chi connectivity index (χ1n) is 6.42. The quantitative estimate of drug-likeness (QED) is 0.790. The summed E-state index contributed by atoms with van der Waals surface area (Å²) in [5.41, 5.74) is 4.14. The van der Waals surface area contributed by atoms with E-state index in [0.29, 0.717) is 0 Å². The Labute approximate surface area is 143 Å². The molecule has 0 spiro atoms. The first kappa shape index (κ1) is 16.5. The lowest BCUT2D eigenvalue weighted by atomic mass is 9.84. The van der Waals surface area contributed by atoms with Crippen LogP contribution in [0.5, 0.6) is 5.88 Å². The van der Waals surface area contributed by atoms with E-state index in [4.69, 9.17) is 33.7 Å². The van der Waals surface area contributed by atoms with Crippen molar-refractivity contribution in [3.8, 4) is 11.9 Å². The summed E-state index contributed by atoms with van der Waals surface area (Å²) < 4.78 is 44.9. The van der Waals surface area contributed by atoms with Gasteiger partial charge in [-0.3, -0.25) is 5.10 Å². The number of hydrogen-bond donors (Lipinski definition) is 2. The molecular weight excluding hydrogens is 368 g/mol. The van der Waals surface area contributed by atoms with E-state index < -0.39 is 17.8 Å². The van der Waals surface area contributed by atoms with E-state index in [9.17, 15) is 18.4 Å². The lowest BCUT2D eigenvalue weighted by Crippen LogP contribution is -2.23. The number of rotatable bonds is 1. The van der Waals surface area contributed by atoms with Crippen LogP contribution in [0.3, 0.4) is 0 Å². The number of nitrogens with one attached hydrogen (secondary N) is 1. The predicted molar refractivity (Wildman–Crippen MR) is 79.3 cm³/mol. The first-order chi connectivity index (χ1) is 11.3. The van der Waals surface area contributed by atoms with E-state index in [1.807, 2.05) is 5.10 Å². The maximum atomic E-state index is 13.3. The highest BCUT2D eigenvalue weighted by Gasteiger charge is 2.44. The van der Waals surface area contributed by atoms with Crippen LogP contribution in [0.2, 0.25) is 10.0 Å². The van der Waals surface area contributed by atoms with Gasteiger partial charge < -0.3 is 10.5 Å². The minimum absolute atomic E-state index is 0.0203. The number of nitrogens with zero attached hydrogens (tertiary/aromatic N) is 2. The van der Waals surface area contributed by atoms with Crippen molar-refractivity contribution in [2.24, 2.45) is 5.73 Å². The SMILES string of the molecule is N#CC1=C(N)Oc2n[nH]c(C(F)(F)F)c2[C@H]1c1cccc(Cl)c1Cl. The average molecular weight is 375 g/mol. The maximum Gasteiger partial charge on any atom is 0.433 e. The molecule has 2 aromatic rings. The summed E-state index contributed by atoms with van der Waals surface area (Å²) in [6, 6.07) is 6.23. The van der Waals surface area contributed by atoms with Crippen molar-refractivity contribution in [3.05, 3.63) is 56.5 Å². The van der Waals surface area contributed by atoms with Crippen molar-refractivity contribution in [2.45, 2.75) is 12.1 Å². The Morgan fingerprint density at radius 1 is 1.33 bits per heavy atom. The van der Waals surface area contributed by atoms with Crippen LogP contribution in [0.4, 0.5) is 13.2 Å². The molecule has 0 aliphatic carbocycles. The van der Waals surface area contributed by atoms with Gasteiger partial charge in [-0.1, -0.05) is 35.3 Å². The second-order valence-corrected chi connectivity index (χ2v) is 5.67. The minimum Gasteiger partial charge on any atom is -0.420 e. The third kappa shape index (κ3) is 2.46. The summed E-state index contributed by atoms with van der Waals surface area (Å²) in [6.45, 7) is 0. The zero-order valence-electron chi connectivity index (χ0n) is 11.6. The van der Waals surface area contributed by atoms with Crippen LogP contribution in [0, 0.1) is 11.3 Å². The van der Waals surface area contributed by atoms with Crippen molar-refractivity contribution >= 4 is 23.2 Å². The van der Waals surface area contributed by atoms with Crippen molar-refractivity contribution in [3.63, 3.8) is 0 Å². The van der Waals surface area contributed by atoms with E-state index in [1.165, 1.54) is 18.2 Å². The molecule has 5 nitrogen and oxygen atoms in total. The standard InChI is InChI=1S/C14H7Cl2F3N4O/c15-7-3-1-2-5(10(7)16)8-6(4-20)12(21)24-13-9(8)11(22-23-13)14(17,18)19/h1-3,8H,21H2,(H,22,23)/t8-/m0/s1. The third-order valence-corrected chi connectivity index (χ3v) is 4.35. The molecule has 2 heterocycles. The van der Waals surface area contributed by atoms with Gasteiger partial charge in [-0.2, -0.15) is 18.4 Å². The number of aromatic nitrogens is 2. The molecule has 1 atom stereocenters. The van der Waals surface area contributed by atoms with Crippen molar-refractivity contribution in [2.75, 3.05) is 0 Å². The molecule has 1 aliphatic heterocycles. The van der Waals surface area contributed by atoms with Crippen LogP contribution in [-0.4, -0.2) is 10.2 Å². The van der Waals surface area contributed by atoms with Crippen molar-refractivity contribution in [1.82, 2.24) is 10.2 Å². The molecule has 24 heavy (non-hydrogen) atoms. The van der Waals surface area contributed by atoms with E-state index >= 15 is 0 Å². The summed E-state index contributed by atoms with van der Waals surface area (Å²) in [5, 5.41) is 14.9. The van der Waals surface area contributed by atoms with Gasteiger partial charge in [-0.15, -0.1) is 5.10 Å². The van der Waals surface area contributed by atoms with Gasteiger partial charge in [0.1, 0.15) is 17.3 Å². The number of hydrogen-bond acceptors (Lipinski definition) is 4. The molecule has 0 unspecified atom stereocenters. The second kappa shape index (κ2) is 5.61. The largest absolute Gasteiger partial charge is 0.433 e. The molecule has 124 valence electrons. The number of H-pyrrole nitrogens is 1. The van der Waals surface area contributed by atoms with Gasteiger partial charge in [0.05, 0.1) is 21.5 Å². The zero-order chi connectivity index (χ0) is 17.6. The number of fused-ring (bicyclic) bond motifs is 1. The van der Waals surface area contributed by atoms with E-state index in [-0.39, 0.29) is 38.5 Å². The zero-order valence-corrected chi connectivity index (χ0v) is 13.1. The number of halogens is 5. The highest BCUT2D eigenvalue weighted by atomic mass is 35.5. The number of alkyl halides is 3. The van der Waals surface area contributed by atoms with Gasteiger partial charge >= 0.3 is 6.18 Å².